The molecule has 27 heavy (non-hydrogen) atoms. The summed E-state index contributed by atoms with van der Waals surface area (Å²) in [5, 5.41) is 14.2. The number of aromatic nitrogens is 1. The highest BCUT2D eigenvalue weighted by Gasteiger charge is 2.10. The van der Waals surface area contributed by atoms with E-state index in [1.54, 1.807) is 11.3 Å². The summed E-state index contributed by atoms with van der Waals surface area (Å²) in [4.78, 5) is 5.68. The molecule has 2 heterocycles. The Morgan fingerprint density at radius 2 is 1.70 bits per heavy atom. The van der Waals surface area contributed by atoms with E-state index < -0.39 is 0 Å². The highest BCUT2D eigenvalue weighted by molar-refractivity contribution is 7.12. The van der Waals surface area contributed by atoms with E-state index in [1.165, 1.54) is 11.3 Å². The Balaban J connectivity index is 1.54. The molecule has 2 aromatic carbocycles. The van der Waals surface area contributed by atoms with E-state index in [9.17, 15) is 5.26 Å². The average molecular weight is 387 g/mol. The fourth-order valence-electron chi connectivity index (χ4n) is 2.51. The van der Waals surface area contributed by atoms with Crippen molar-refractivity contribution in [3.63, 3.8) is 0 Å². The summed E-state index contributed by atoms with van der Waals surface area (Å²) in [5.74, 6) is 1.58. The zero-order chi connectivity index (χ0) is 18.5. The lowest BCUT2D eigenvalue weighted by Crippen LogP contribution is -1.85. The quantitative estimate of drug-likeness (QED) is 0.357. The second-order valence-electron chi connectivity index (χ2n) is 5.66. The van der Waals surface area contributed by atoms with Gasteiger partial charge in [-0.2, -0.15) is 5.26 Å². The van der Waals surface area contributed by atoms with E-state index in [-0.39, 0.29) is 0 Å². The molecule has 0 atom stereocenters. The molecule has 0 radical (unpaired) electrons. The van der Waals surface area contributed by atoms with Crippen LogP contribution in [0.3, 0.4) is 0 Å². The molecule has 130 valence electrons. The summed E-state index contributed by atoms with van der Waals surface area (Å²) in [6.45, 7) is 0. The van der Waals surface area contributed by atoms with Gasteiger partial charge in [-0.25, -0.2) is 4.98 Å². The minimum Gasteiger partial charge on any atom is -0.457 e. The van der Waals surface area contributed by atoms with Gasteiger partial charge >= 0.3 is 0 Å². The van der Waals surface area contributed by atoms with Crippen LogP contribution in [0, 0.1) is 11.3 Å². The topological polar surface area (TPSA) is 45.9 Å². The molecule has 0 N–H and O–H groups in total. The van der Waals surface area contributed by atoms with Crippen LogP contribution in [-0.4, -0.2) is 4.98 Å². The molecule has 0 fully saturated rings. The maximum atomic E-state index is 9.47. The molecule has 0 unspecified atom stereocenters. The monoisotopic (exact) mass is 386 g/mol. The molecule has 4 aromatic rings. The minimum atomic E-state index is 0.581. The van der Waals surface area contributed by atoms with Crippen LogP contribution in [0.5, 0.6) is 11.5 Å². The molecule has 3 nitrogen and oxygen atoms in total. The number of nitriles is 1. The molecule has 2 aromatic heterocycles. The van der Waals surface area contributed by atoms with Crippen LogP contribution in [0.1, 0.15) is 9.88 Å². The number of thiophene rings is 1. The minimum absolute atomic E-state index is 0.581. The van der Waals surface area contributed by atoms with Crippen molar-refractivity contribution in [3.8, 4) is 28.8 Å². The Labute approximate surface area is 165 Å². The van der Waals surface area contributed by atoms with Gasteiger partial charge in [0.05, 0.1) is 11.3 Å². The summed E-state index contributed by atoms with van der Waals surface area (Å²) in [5.41, 5.74) is 2.43. The fraction of sp³-hybridized carbons (Fsp3) is 0. The molecule has 0 aliphatic carbocycles. The third-order valence-corrected chi connectivity index (χ3v) is 5.51. The van der Waals surface area contributed by atoms with Crippen LogP contribution in [0.25, 0.3) is 22.9 Å². The first-order valence-corrected chi connectivity index (χ1v) is 10.0. The Morgan fingerprint density at radius 3 is 2.41 bits per heavy atom. The van der Waals surface area contributed by atoms with Crippen LogP contribution in [0.4, 0.5) is 0 Å². The van der Waals surface area contributed by atoms with Gasteiger partial charge in [0.25, 0.3) is 0 Å². The molecular weight excluding hydrogens is 372 g/mol. The SMILES string of the molecule is N#CC(=Cc1cccs1)c1nc(-c2ccc(Oc3ccccc3)cc2)cs1. The Bertz CT molecular complexity index is 1090. The second kappa shape index (κ2) is 8.00. The summed E-state index contributed by atoms with van der Waals surface area (Å²) < 4.78 is 5.82. The van der Waals surface area contributed by atoms with E-state index in [0.29, 0.717) is 5.57 Å². The number of nitrogens with zero attached hydrogens (tertiary/aromatic N) is 2. The molecule has 0 saturated carbocycles. The Kier molecular flexibility index (Phi) is 5.10. The van der Waals surface area contributed by atoms with E-state index >= 15 is 0 Å². The van der Waals surface area contributed by atoms with Crippen LogP contribution in [0.15, 0.2) is 77.5 Å². The van der Waals surface area contributed by atoms with Crippen molar-refractivity contribution >= 4 is 34.3 Å². The molecule has 0 saturated heterocycles. The highest BCUT2D eigenvalue weighted by Crippen LogP contribution is 2.29. The number of benzene rings is 2. The van der Waals surface area contributed by atoms with E-state index in [0.717, 1.165) is 32.6 Å². The predicted molar refractivity (Wildman–Crippen MR) is 112 cm³/mol. The van der Waals surface area contributed by atoms with Gasteiger partial charge in [0.1, 0.15) is 22.6 Å². The maximum absolute atomic E-state index is 9.47. The largest absolute Gasteiger partial charge is 0.457 e. The molecule has 0 aliphatic heterocycles. The first kappa shape index (κ1) is 17.2. The number of ether oxygens (including phenoxy) is 1. The van der Waals surface area contributed by atoms with Gasteiger partial charge in [-0.3, -0.25) is 0 Å². The van der Waals surface area contributed by atoms with Crippen LogP contribution in [0.2, 0.25) is 0 Å². The van der Waals surface area contributed by atoms with Gasteiger partial charge in [-0.1, -0.05) is 24.3 Å². The zero-order valence-corrected chi connectivity index (χ0v) is 15.8. The fourth-order valence-corrected chi connectivity index (χ4v) is 3.96. The van der Waals surface area contributed by atoms with Crippen molar-refractivity contribution in [2.75, 3.05) is 0 Å². The van der Waals surface area contributed by atoms with Crippen molar-refractivity contribution in [1.29, 1.82) is 5.26 Å². The standard InChI is InChI=1S/C22H14N2OS2/c23-14-17(13-20-7-4-12-26-20)22-24-21(15-27-22)16-8-10-19(11-9-16)25-18-5-2-1-3-6-18/h1-13,15H. The molecule has 4 rings (SSSR count). The number of thiazole rings is 1. The summed E-state index contributed by atoms with van der Waals surface area (Å²) in [6.07, 6.45) is 1.88. The third kappa shape index (κ3) is 4.14. The highest BCUT2D eigenvalue weighted by atomic mass is 32.1. The van der Waals surface area contributed by atoms with Crippen molar-refractivity contribution < 1.29 is 4.74 Å². The molecule has 0 aliphatic rings. The summed E-state index contributed by atoms with van der Waals surface area (Å²) in [7, 11) is 0. The Morgan fingerprint density at radius 1 is 0.926 bits per heavy atom. The predicted octanol–water partition coefficient (Wildman–Crippen LogP) is 6.73. The number of rotatable bonds is 5. The summed E-state index contributed by atoms with van der Waals surface area (Å²) in [6, 6.07) is 23.7. The lowest BCUT2D eigenvalue weighted by molar-refractivity contribution is 0.483. The first-order valence-electron chi connectivity index (χ1n) is 8.26. The average Bonchev–Trinajstić information content (AvgIpc) is 3.40. The lowest BCUT2D eigenvalue weighted by Gasteiger charge is -2.05. The van der Waals surface area contributed by atoms with Gasteiger partial charge in [0, 0.05) is 15.8 Å². The molecular formula is C22H14N2OS2. The van der Waals surface area contributed by atoms with Crippen LogP contribution >= 0.6 is 22.7 Å². The van der Waals surface area contributed by atoms with Gasteiger partial charge in [-0.05, 0) is 53.9 Å². The molecule has 0 bridgehead atoms. The van der Waals surface area contributed by atoms with E-state index in [1.807, 2.05) is 83.6 Å². The van der Waals surface area contributed by atoms with Crippen molar-refractivity contribution in [2.45, 2.75) is 0 Å². The van der Waals surface area contributed by atoms with Gasteiger partial charge in [0.2, 0.25) is 0 Å². The molecule has 5 heteroatoms. The van der Waals surface area contributed by atoms with E-state index in [2.05, 4.69) is 11.1 Å². The zero-order valence-electron chi connectivity index (χ0n) is 14.2. The first-order chi connectivity index (χ1) is 13.3. The van der Waals surface area contributed by atoms with Gasteiger partial charge in [0.15, 0.2) is 0 Å². The smallest absolute Gasteiger partial charge is 0.134 e. The number of hydrogen-bond donors (Lipinski definition) is 0. The number of para-hydroxylation sites is 1. The maximum Gasteiger partial charge on any atom is 0.134 e. The van der Waals surface area contributed by atoms with Crippen LogP contribution in [-0.2, 0) is 0 Å². The van der Waals surface area contributed by atoms with Crippen molar-refractivity contribution in [2.24, 2.45) is 0 Å². The summed E-state index contributed by atoms with van der Waals surface area (Å²) >= 11 is 3.08. The number of allylic oxidation sites excluding steroid dienone is 1. The second-order valence-corrected chi connectivity index (χ2v) is 7.50. The lowest BCUT2D eigenvalue weighted by atomic mass is 10.1. The normalized spacial score (nSPS) is 11.1. The van der Waals surface area contributed by atoms with Crippen molar-refractivity contribution in [3.05, 3.63) is 87.4 Å². The molecule has 0 spiro atoms. The number of hydrogen-bond acceptors (Lipinski definition) is 5. The Hall–Kier alpha value is -3.20. The van der Waals surface area contributed by atoms with Crippen molar-refractivity contribution in [1.82, 2.24) is 4.98 Å². The van der Waals surface area contributed by atoms with Crippen LogP contribution < -0.4 is 4.74 Å². The van der Waals surface area contributed by atoms with Gasteiger partial charge < -0.3 is 4.74 Å². The third-order valence-electron chi connectivity index (χ3n) is 3.81. The van der Waals surface area contributed by atoms with E-state index in [4.69, 9.17) is 4.74 Å². The van der Waals surface area contributed by atoms with Gasteiger partial charge in [-0.15, -0.1) is 22.7 Å². The molecule has 0 amide bonds.